The number of thiazole rings is 2. The Hall–Kier alpha value is -4.13. The number of halogens is 5. The van der Waals surface area contributed by atoms with Crippen LogP contribution in [0.2, 0.25) is 20.1 Å². The van der Waals surface area contributed by atoms with Crippen molar-refractivity contribution >= 4 is 96.9 Å². The summed E-state index contributed by atoms with van der Waals surface area (Å²) in [5.41, 5.74) is 7.76. The first-order valence-electron chi connectivity index (χ1n) is 15.4. The number of hydrogen-bond donors (Lipinski definition) is 1. The molecule has 0 aliphatic rings. The molecule has 0 saturated carbocycles. The zero-order chi connectivity index (χ0) is 37.8. The summed E-state index contributed by atoms with van der Waals surface area (Å²) >= 11 is 30.4. The predicted molar refractivity (Wildman–Crippen MR) is 220 cm³/mol. The average molecular weight is 884 g/mol. The third-order valence-corrected chi connectivity index (χ3v) is 11.8. The number of carbonyl (C=O) groups is 2. The van der Waals surface area contributed by atoms with E-state index in [1.165, 1.54) is 29.8 Å². The van der Waals surface area contributed by atoms with Gasteiger partial charge in [0.1, 0.15) is 10.0 Å². The molecule has 0 aliphatic heterocycles. The number of aromatic nitrogens is 3. The van der Waals surface area contributed by atoms with Crippen molar-refractivity contribution in [3.8, 4) is 54.8 Å². The van der Waals surface area contributed by atoms with Crippen LogP contribution in [0.4, 0.5) is 0 Å². The second-order valence-corrected chi connectivity index (χ2v) is 15.4. The number of hydrogen-bond acceptors (Lipinski definition) is 8. The van der Waals surface area contributed by atoms with Gasteiger partial charge in [-0.05, 0) is 76.9 Å². The van der Waals surface area contributed by atoms with Gasteiger partial charge < -0.3 is 9.84 Å². The highest BCUT2D eigenvalue weighted by Gasteiger charge is 2.18. The number of benzene rings is 4. The van der Waals surface area contributed by atoms with Gasteiger partial charge in [-0.1, -0.05) is 82.8 Å². The van der Waals surface area contributed by atoms with E-state index in [0.29, 0.717) is 35.7 Å². The SMILES string of the molecule is COC(=O)c1cc(-c2nc(-c3ccc(Cl)c(Cl)c3)cs2)ccc1Br.Cc1ncccc1-c1ccc(-c2nc(-c3ccc(Cl)c(Cl)c3)cs2)cc1C(=O)O. The van der Waals surface area contributed by atoms with Crippen molar-refractivity contribution in [2.45, 2.75) is 6.92 Å². The molecule has 3 aromatic heterocycles. The predicted octanol–water partition coefficient (Wildman–Crippen LogP) is 13.2. The lowest BCUT2D eigenvalue weighted by atomic mass is 9.96. The summed E-state index contributed by atoms with van der Waals surface area (Å²) in [5.74, 6) is -1.39. The maximum Gasteiger partial charge on any atom is 0.339 e. The molecule has 0 atom stereocenters. The topological polar surface area (TPSA) is 102 Å². The van der Waals surface area contributed by atoms with Crippen molar-refractivity contribution in [1.82, 2.24) is 15.0 Å². The van der Waals surface area contributed by atoms with Crippen LogP contribution < -0.4 is 0 Å². The Balaban J connectivity index is 0.000000185. The smallest absolute Gasteiger partial charge is 0.339 e. The van der Waals surface area contributed by atoms with E-state index >= 15 is 0 Å². The van der Waals surface area contributed by atoms with E-state index in [1.807, 2.05) is 60.1 Å². The van der Waals surface area contributed by atoms with Crippen molar-refractivity contribution in [2.75, 3.05) is 7.11 Å². The van der Waals surface area contributed by atoms with Gasteiger partial charge in [-0.15, -0.1) is 22.7 Å². The molecule has 0 unspecified atom stereocenters. The molecule has 3 heterocycles. The summed E-state index contributed by atoms with van der Waals surface area (Å²) < 4.78 is 5.47. The molecule has 53 heavy (non-hydrogen) atoms. The van der Waals surface area contributed by atoms with Gasteiger partial charge in [0.05, 0.1) is 49.7 Å². The Morgan fingerprint density at radius 3 is 1.72 bits per heavy atom. The van der Waals surface area contributed by atoms with Gasteiger partial charge >= 0.3 is 11.9 Å². The highest BCUT2D eigenvalue weighted by Crippen LogP contribution is 2.36. The first-order chi connectivity index (χ1) is 25.4. The number of pyridine rings is 1. The molecular weight excluding hydrogens is 860 g/mol. The summed E-state index contributed by atoms with van der Waals surface area (Å²) in [4.78, 5) is 37.3. The van der Waals surface area contributed by atoms with Crippen molar-refractivity contribution in [2.24, 2.45) is 0 Å². The van der Waals surface area contributed by atoms with Crippen LogP contribution in [-0.4, -0.2) is 39.1 Å². The van der Waals surface area contributed by atoms with Crippen LogP contribution in [0.25, 0.3) is 54.8 Å². The first kappa shape index (κ1) is 38.6. The average Bonchev–Trinajstić information content (AvgIpc) is 3.86. The van der Waals surface area contributed by atoms with Gasteiger partial charge in [0.2, 0.25) is 0 Å². The van der Waals surface area contributed by atoms with E-state index < -0.39 is 11.9 Å². The number of esters is 1. The molecule has 7 rings (SSSR count). The fourth-order valence-corrected chi connectivity index (χ4v) is 7.83. The molecule has 0 amide bonds. The maximum absolute atomic E-state index is 11.9. The molecule has 1 N–H and O–H groups in total. The van der Waals surface area contributed by atoms with Crippen molar-refractivity contribution < 1.29 is 19.4 Å². The lowest BCUT2D eigenvalue weighted by Gasteiger charge is -2.10. The van der Waals surface area contributed by atoms with E-state index in [1.54, 1.807) is 48.7 Å². The van der Waals surface area contributed by atoms with E-state index in [-0.39, 0.29) is 5.56 Å². The molecule has 4 aromatic carbocycles. The molecule has 7 nitrogen and oxygen atoms in total. The molecule has 266 valence electrons. The molecule has 0 saturated heterocycles. The Morgan fingerprint density at radius 1 is 0.679 bits per heavy atom. The van der Waals surface area contributed by atoms with Crippen molar-refractivity contribution in [1.29, 1.82) is 0 Å². The number of methoxy groups -OCH3 is 1. The zero-order valence-electron chi connectivity index (χ0n) is 27.5. The summed E-state index contributed by atoms with van der Waals surface area (Å²) in [6, 6.07) is 25.2. The van der Waals surface area contributed by atoms with Gasteiger partial charge in [0.15, 0.2) is 0 Å². The van der Waals surface area contributed by atoms with Crippen LogP contribution in [-0.2, 0) is 4.74 Å². The van der Waals surface area contributed by atoms with Crippen LogP contribution in [0.15, 0.2) is 106 Å². The lowest BCUT2D eigenvalue weighted by molar-refractivity contribution is 0.0598. The lowest BCUT2D eigenvalue weighted by Crippen LogP contribution is -2.02. The van der Waals surface area contributed by atoms with Crippen molar-refractivity contribution in [3.63, 3.8) is 0 Å². The van der Waals surface area contributed by atoms with Crippen LogP contribution in [0.1, 0.15) is 26.4 Å². The molecule has 14 heteroatoms. The molecule has 0 aliphatic carbocycles. The number of ether oxygens (including phenoxy) is 1. The quantitative estimate of drug-likeness (QED) is 0.159. The van der Waals surface area contributed by atoms with Gasteiger partial charge in [-0.3, -0.25) is 4.98 Å². The number of carbonyl (C=O) groups excluding carboxylic acids is 1. The zero-order valence-corrected chi connectivity index (χ0v) is 33.8. The summed E-state index contributed by atoms with van der Waals surface area (Å²) in [5, 5.41) is 17.1. The van der Waals surface area contributed by atoms with Gasteiger partial charge in [-0.2, -0.15) is 0 Å². The molecule has 0 bridgehead atoms. The summed E-state index contributed by atoms with van der Waals surface area (Å²) in [7, 11) is 1.35. The number of carboxylic acid groups (broad SMARTS) is 1. The van der Waals surface area contributed by atoms with Gasteiger partial charge in [0.25, 0.3) is 0 Å². The number of carboxylic acids is 1. The maximum atomic E-state index is 11.9. The van der Waals surface area contributed by atoms with Crippen LogP contribution >= 0.6 is 85.0 Å². The minimum absolute atomic E-state index is 0.213. The standard InChI is InChI=1S/C22H14Cl2N2O2S.C17H10BrCl2NO2S/c1-12-15(3-2-8-25-12)16-6-4-14(9-17(16)22(27)28)21-26-20(11-29-21)13-5-7-18(23)19(24)10-13;1-23-17(22)11-6-10(2-4-12(11)18)16-21-15(8-24-16)9-3-5-13(19)14(20)7-9/h2-11H,1H3,(H,27,28);2-8H,1H3. The van der Waals surface area contributed by atoms with E-state index in [2.05, 4.69) is 30.9 Å². The second kappa shape index (κ2) is 16.9. The van der Waals surface area contributed by atoms with E-state index in [9.17, 15) is 14.7 Å². The minimum atomic E-state index is -0.994. The number of rotatable bonds is 7. The van der Waals surface area contributed by atoms with E-state index in [0.717, 1.165) is 54.9 Å². The molecule has 0 radical (unpaired) electrons. The number of aryl methyl sites for hydroxylation is 1. The van der Waals surface area contributed by atoms with E-state index in [4.69, 9.17) is 51.1 Å². The first-order valence-corrected chi connectivity index (χ1v) is 19.5. The fraction of sp³-hybridized carbons (Fsp3) is 0.0513. The highest BCUT2D eigenvalue weighted by molar-refractivity contribution is 9.10. The Bertz CT molecular complexity index is 2510. The largest absolute Gasteiger partial charge is 0.478 e. The third kappa shape index (κ3) is 8.82. The Kier molecular flexibility index (Phi) is 12.3. The van der Waals surface area contributed by atoms with Crippen LogP contribution in [0, 0.1) is 6.92 Å². The van der Waals surface area contributed by atoms with Crippen molar-refractivity contribution in [3.05, 3.63) is 143 Å². The monoisotopic (exact) mass is 881 g/mol. The molecule has 0 spiro atoms. The second-order valence-electron chi connectivity index (χ2n) is 11.2. The van der Waals surface area contributed by atoms with Crippen LogP contribution in [0.3, 0.4) is 0 Å². The normalized spacial score (nSPS) is 10.8. The minimum Gasteiger partial charge on any atom is -0.478 e. The third-order valence-electron chi connectivity index (χ3n) is 7.85. The Labute approximate surface area is 340 Å². The summed E-state index contributed by atoms with van der Waals surface area (Å²) in [6.45, 7) is 1.86. The highest BCUT2D eigenvalue weighted by atomic mass is 79.9. The molecule has 0 fully saturated rings. The van der Waals surface area contributed by atoms with Gasteiger partial charge in [-0.25, -0.2) is 19.6 Å². The molecular formula is C39H24BrCl4N3O4S2. The summed E-state index contributed by atoms with van der Waals surface area (Å²) in [6.07, 6.45) is 1.69. The molecule has 7 aromatic rings. The Morgan fingerprint density at radius 2 is 1.21 bits per heavy atom. The van der Waals surface area contributed by atoms with Gasteiger partial charge in [0, 0.05) is 54.9 Å². The van der Waals surface area contributed by atoms with Crippen LogP contribution in [0.5, 0.6) is 0 Å². The number of aromatic carboxylic acids is 1. The number of nitrogens with zero attached hydrogens (tertiary/aromatic N) is 3. The fourth-order valence-electron chi connectivity index (χ4n) is 5.17.